The lowest BCUT2D eigenvalue weighted by Crippen LogP contribution is -2.32. The van der Waals surface area contributed by atoms with Crippen LogP contribution in [0.5, 0.6) is 11.5 Å². The summed E-state index contributed by atoms with van der Waals surface area (Å²) in [5.74, 6) is 1.65. The fourth-order valence-electron chi connectivity index (χ4n) is 3.34. The average molecular weight is 437 g/mol. The van der Waals surface area contributed by atoms with Crippen molar-refractivity contribution in [2.24, 2.45) is 0 Å². The molecule has 3 rings (SSSR count). The van der Waals surface area contributed by atoms with Gasteiger partial charge >= 0.3 is 0 Å². The molecule has 0 N–H and O–H groups in total. The van der Waals surface area contributed by atoms with E-state index in [1.807, 2.05) is 59.5 Å². The third kappa shape index (κ3) is 7.72. The molecule has 0 fully saturated rings. The summed E-state index contributed by atoms with van der Waals surface area (Å²) in [6.07, 6.45) is 6.21. The molecule has 5 heteroatoms. The number of aromatic nitrogens is 1. The maximum absolute atomic E-state index is 12.9. The van der Waals surface area contributed by atoms with Crippen molar-refractivity contribution >= 4 is 17.5 Å². The Balaban J connectivity index is 1.68. The fourth-order valence-corrected chi connectivity index (χ4v) is 3.46. The van der Waals surface area contributed by atoms with Crippen LogP contribution >= 0.6 is 11.6 Å². The Morgan fingerprint density at radius 2 is 1.84 bits per heavy atom. The van der Waals surface area contributed by atoms with E-state index in [1.54, 1.807) is 18.3 Å². The first-order chi connectivity index (χ1) is 15.1. The highest BCUT2D eigenvalue weighted by molar-refractivity contribution is 6.30. The van der Waals surface area contributed by atoms with Crippen LogP contribution < -0.4 is 4.74 Å². The van der Waals surface area contributed by atoms with Crippen molar-refractivity contribution in [1.29, 1.82) is 0 Å². The number of hydrogen-bond donors (Lipinski definition) is 0. The SMILES string of the molecule is CCCCCC(=O)N(CCc1ccccn1)Cc1cccc(Oc2ccc(Cl)cc2)c1. The molecular weight excluding hydrogens is 408 g/mol. The number of halogens is 1. The standard InChI is InChI=1S/C26H29ClN2O2/c1-2-3-4-11-26(30)29(18-16-23-9-5-6-17-28-23)20-21-8-7-10-25(19-21)31-24-14-12-22(27)13-15-24/h5-10,12-15,17,19H,2-4,11,16,18,20H2,1H3. The highest BCUT2D eigenvalue weighted by Gasteiger charge is 2.14. The highest BCUT2D eigenvalue weighted by Crippen LogP contribution is 2.24. The van der Waals surface area contributed by atoms with E-state index in [1.165, 1.54) is 0 Å². The van der Waals surface area contributed by atoms with Crippen LogP contribution in [0.4, 0.5) is 0 Å². The van der Waals surface area contributed by atoms with Crippen molar-refractivity contribution in [2.75, 3.05) is 6.54 Å². The number of nitrogens with zero attached hydrogens (tertiary/aromatic N) is 2. The number of rotatable bonds is 11. The van der Waals surface area contributed by atoms with Gasteiger partial charge in [-0.15, -0.1) is 0 Å². The number of ether oxygens (including phenoxy) is 1. The lowest BCUT2D eigenvalue weighted by molar-refractivity contribution is -0.131. The Labute approximate surface area is 189 Å². The lowest BCUT2D eigenvalue weighted by atomic mass is 10.1. The molecule has 162 valence electrons. The van der Waals surface area contributed by atoms with E-state index < -0.39 is 0 Å². The van der Waals surface area contributed by atoms with Gasteiger partial charge in [0.2, 0.25) is 5.91 Å². The second-order valence-corrected chi connectivity index (χ2v) is 7.98. The van der Waals surface area contributed by atoms with Crippen molar-refractivity contribution in [3.8, 4) is 11.5 Å². The van der Waals surface area contributed by atoms with Crippen LogP contribution in [0.15, 0.2) is 72.9 Å². The molecule has 0 bridgehead atoms. The number of pyridine rings is 1. The molecule has 4 nitrogen and oxygen atoms in total. The van der Waals surface area contributed by atoms with Gasteiger partial charge in [-0.2, -0.15) is 0 Å². The predicted molar refractivity (Wildman–Crippen MR) is 125 cm³/mol. The zero-order valence-electron chi connectivity index (χ0n) is 18.0. The van der Waals surface area contributed by atoms with E-state index in [2.05, 4.69) is 11.9 Å². The van der Waals surface area contributed by atoms with Crippen molar-refractivity contribution in [1.82, 2.24) is 9.88 Å². The van der Waals surface area contributed by atoms with Crippen molar-refractivity contribution in [3.63, 3.8) is 0 Å². The molecule has 1 amide bonds. The predicted octanol–water partition coefficient (Wildman–Crippen LogP) is 6.68. The van der Waals surface area contributed by atoms with Gasteiger partial charge in [0.1, 0.15) is 11.5 Å². The molecule has 1 aromatic heterocycles. The second kappa shape index (κ2) is 12.1. The van der Waals surface area contributed by atoms with Crippen LogP contribution in [0.2, 0.25) is 5.02 Å². The average Bonchev–Trinajstić information content (AvgIpc) is 2.79. The lowest BCUT2D eigenvalue weighted by Gasteiger charge is -2.23. The monoisotopic (exact) mass is 436 g/mol. The molecule has 0 saturated heterocycles. The van der Waals surface area contributed by atoms with Crippen LogP contribution in [-0.2, 0) is 17.8 Å². The Hall–Kier alpha value is -2.85. The number of hydrogen-bond acceptors (Lipinski definition) is 3. The van der Waals surface area contributed by atoms with Gasteiger partial charge < -0.3 is 9.64 Å². The molecule has 0 saturated carbocycles. The van der Waals surface area contributed by atoms with E-state index in [0.717, 1.165) is 48.4 Å². The van der Waals surface area contributed by atoms with Crippen LogP contribution in [0, 0.1) is 0 Å². The quantitative estimate of drug-likeness (QED) is 0.315. The molecule has 31 heavy (non-hydrogen) atoms. The summed E-state index contributed by atoms with van der Waals surface area (Å²) < 4.78 is 5.95. The molecule has 0 aliphatic heterocycles. The maximum atomic E-state index is 12.9. The first-order valence-corrected chi connectivity index (χ1v) is 11.2. The molecule has 0 unspecified atom stereocenters. The number of amides is 1. The number of benzene rings is 2. The summed E-state index contributed by atoms with van der Waals surface area (Å²) >= 11 is 5.95. The minimum Gasteiger partial charge on any atom is -0.457 e. The zero-order chi connectivity index (χ0) is 21.9. The van der Waals surface area contributed by atoms with E-state index in [-0.39, 0.29) is 5.91 Å². The van der Waals surface area contributed by atoms with Crippen LogP contribution in [0.1, 0.15) is 43.9 Å². The van der Waals surface area contributed by atoms with Gasteiger partial charge in [-0.1, -0.05) is 49.6 Å². The first kappa shape index (κ1) is 22.8. The number of carbonyl (C=O) groups is 1. The summed E-state index contributed by atoms with van der Waals surface area (Å²) in [6, 6.07) is 21.1. The Kier molecular flexibility index (Phi) is 8.92. The smallest absolute Gasteiger partial charge is 0.222 e. The fraction of sp³-hybridized carbons (Fsp3) is 0.308. The van der Waals surface area contributed by atoms with Gasteiger partial charge in [0.25, 0.3) is 0 Å². The Morgan fingerprint density at radius 3 is 2.58 bits per heavy atom. The van der Waals surface area contributed by atoms with Crippen LogP contribution in [-0.4, -0.2) is 22.3 Å². The summed E-state index contributed by atoms with van der Waals surface area (Å²) in [5, 5.41) is 0.672. The third-order valence-corrected chi connectivity index (χ3v) is 5.28. The molecule has 0 spiro atoms. The normalized spacial score (nSPS) is 10.6. The van der Waals surface area contributed by atoms with Gasteiger partial charge in [0, 0.05) is 42.8 Å². The van der Waals surface area contributed by atoms with Gasteiger partial charge in [0.15, 0.2) is 0 Å². The zero-order valence-corrected chi connectivity index (χ0v) is 18.7. The van der Waals surface area contributed by atoms with Gasteiger partial charge in [-0.05, 0) is 60.5 Å². The largest absolute Gasteiger partial charge is 0.457 e. The highest BCUT2D eigenvalue weighted by atomic mass is 35.5. The minimum atomic E-state index is 0.188. The molecular formula is C26H29ClN2O2. The maximum Gasteiger partial charge on any atom is 0.222 e. The van der Waals surface area contributed by atoms with Gasteiger partial charge in [0.05, 0.1) is 0 Å². The molecule has 0 aliphatic rings. The van der Waals surface area contributed by atoms with Crippen molar-refractivity contribution in [2.45, 2.75) is 45.6 Å². The van der Waals surface area contributed by atoms with Gasteiger partial charge in [-0.25, -0.2) is 0 Å². The summed E-state index contributed by atoms with van der Waals surface area (Å²) in [7, 11) is 0. The van der Waals surface area contributed by atoms with Crippen molar-refractivity contribution < 1.29 is 9.53 Å². The van der Waals surface area contributed by atoms with E-state index >= 15 is 0 Å². The van der Waals surface area contributed by atoms with Crippen molar-refractivity contribution in [3.05, 3.63) is 89.2 Å². The Morgan fingerprint density at radius 1 is 1.00 bits per heavy atom. The molecule has 3 aromatic rings. The molecule has 0 radical (unpaired) electrons. The van der Waals surface area contributed by atoms with E-state index in [9.17, 15) is 4.79 Å². The second-order valence-electron chi connectivity index (χ2n) is 7.55. The summed E-state index contributed by atoms with van der Waals surface area (Å²) in [4.78, 5) is 19.2. The van der Waals surface area contributed by atoms with Gasteiger partial charge in [-0.3, -0.25) is 9.78 Å². The van der Waals surface area contributed by atoms with Crippen LogP contribution in [0.25, 0.3) is 0 Å². The molecule has 0 atom stereocenters. The summed E-state index contributed by atoms with van der Waals surface area (Å²) in [5.41, 5.74) is 2.03. The van der Waals surface area contributed by atoms with E-state index in [0.29, 0.717) is 24.5 Å². The number of carbonyl (C=O) groups excluding carboxylic acids is 1. The van der Waals surface area contributed by atoms with Crippen LogP contribution in [0.3, 0.4) is 0 Å². The van der Waals surface area contributed by atoms with E-state index in [4.69, 9.17) is 16.3 Å². The molecule has 2 aromatic carbocycles. The molecule has 1 heterocycles. The Bertz CT molecular complexity index is 945. The number of unbranched alkanes of at least 4 members (excludes halogenated alkanes) is 2. The minimum absolute atomic E-state index is 0.188. The molecule has 0 aliphatic carbocycles. The summed E-state index contributed by atoms with van der Waals surface area (Å²) in [6.45, 7) is 3.34. The topological polar surface area (TPSA) is 42.4 Å². The first-order valence-electron chi connectivity index (χ1n) is 10.8. The third-order valence-electron chi connectivity index (χ3n) is 5.03.